The summed E-state index contributed by atoms with van der Waals surface area (Å²) in [7, 11) is 1.56. The third-order valence-electron chi connectivity index (χ3n) is 4.03. The molecule has 0 saturated heterocycles. The van der Waals surface area contributed by atoms with Gasteiger partial charge < -0.3 is 15.0 Å². The third kappa shape index (κ3) is 3.66. The largest absolute Gasteiger partial charge is 0.497 e. The lowest BCUT2D eigenvalue weighted by atomic mass is 10.2. The molecule has 2 aromatic carbocycles. The number of likely N-dealkylation sites (N-methyl/N-ethyl adjacent to an activating group) is 1. The highest BCUT2D eigenvalue weighted by molar-refractivity contribution is 6.06. The topological polar surface area (TPSA) is 87.3 Å². The van der Waals surface area contributed by atoms with Crippen LogP contribution in [0.15, 0.2) is 48.5 Å². The molecule has 2 N–H and O–H groups in total. The van der Waals surface area contributed by atoms with Crippen molar-refractivity contribution in [3.63, 3.8) is 0 Å². The summed E-state index contributed by atoms with van der Waals surface area (Å²) in [6, 6.07) is 14.5. The first-order valence-corrected chi connectivity index (χ1v) is 8.28. The van der Waals surface area contributed by atoms with Crippen molar-refractivity contribution in [2.75, 3.05) is 25.5 Å². The normalized spacial score (nSPS) is 10.5. The average Bonchev–Trinajstić information content (AvgIpc) is 3.10. The van der Waals surface area contributed by atoms with E-state index in [1.807, 2.05) is 31.2 Å². The van der Waals surface area contributed by atoms with E-state index in [9.17, 15) is 9.59 Å². The number of nitrogens with zero attached hydrogens (tertiary/aromatic N) is 2. The molecule has 0 atom stereocenters. The number of aromatic nitrogens is 2. The summed E-state index contributed by atoms with van der Waals surface area (Å²) >= 11 is 0. The number of rotatable bonds is 6. The molecule has 0 spiro atoms. The van der Waals surface area contributed by atoms with Crippen molar-refractivity contribution in [3.05, 3.63) is 54.2 Å². The minimum atomic E-state index is -0.286. The Kier molecular flexibility index (Phi) is 5.17. The molecular formula is C19H20N4O3. The molecule has 0 aliphatic heterocycles. The first-order valence-electron chi connectivity index (χ1n) is 8.28. The molecule has 0 saturated carbocycles. The standard InChI is InChI=1S/C19H20N4O3/c1-3-23(12-17(24)20-13-7-6-8-14(11-13)26-2)19(25)18-15-9-4-5-10-16(15)21-22-18/h4-11H,3,12H2,1-2H3,(H,20,24)(H,21,22). The summed E-state index contributed by atoms with van der Waals surface area (Å²) in [6.07, 6.45) is 0. The number of ether oxygens (including phenoxy) is 1. The molecule has 0 unspecified atom stereocenters. The highest BCUT2D eigenvalue weighted by atomic mass is 16.5. The number of carbonyl (C=O) groups excluding carboxylic acids is 2. The number of hydrogen-bond acceptors (Lipinski definition) is 4. The number of para-hydroxylation sites is 1. The summed E-state index contributed by atoms with van der Waals surface area (Å²) in [4.78, 5) is 26.6. The van der Waals surface area contributed by atoms with Crippen molar-refractivity contribution in [1.82, 2.24) is 15.1 Å². The maximum atomic E-state index is 12.8. The second kappa shape index (κ2) is 7.69. The summed E-state index contributed by atoms with van der Waals surface area (Å²) < 4.78 is 5.14. The predicted molar refractivity (Wildman–Crippen MR) is 99.3 cm³/mol. The lowest BCUT2D eigenvalue weighted by Gasteiger charge is -2.19. The van der Waals surface area contributed by atoms with Gasteiger partial charge in [-0.15, -0.1) is 0 Å². The van der Waals surface area contributed by atoms with E-state index in [0.29, 0.717) is 23.7 Å². The number of methoxy groups -OCH3 is 1. The van der Waals surface area contributed by atoms with Gasteiger partial charge in [0.2, 0.25) is 5.91 Å². The van der Waals surface area contributed by atoms with Gasteiger partial charge in [0.05, 0.1) is 12.6 Å². The van der Waals surface area contributed by atoms with Crippen LogP contribution in [-0.2, 0) is 4.79 Å². The molecule has 26 heavy (non-hydrogen) atoms. The van der Waals surface area contributed by atoms with Crippen LogP contribution in [0.3, 0.4) is 0 Å². The second-order valence-corrected chi connectivity index (χ2v) is 5.72. The zero-order valence-electron chi connectivity index (χ0n) is 14.7. The Balaban J connectivity index is 1.72. The molecule has 1 aromatic heterocycles. The SMILES string of the molecule is CCN(CC(=O)Nc1cccc(OC)c1)C(=O)c1n[nH]c2ccccc12. The van der Waals surface area contributed by atoms with E-state index in [1.165, 1.54) is 4.90 Å². The first kappa shape index (κ1) is 17.5. The van der Waals surface area contributed by atoms with E-state index >= 15 is 0 Å². The number of nitrogens with one attached hydrogen (secondary N) is 2. The monoisotopic (exact) mass is 352 g/mol. The quantitative estimate of drug-likeness (QED) is 0.714. The fraction of sp³-hybridized carbons (Fsp3) is 0.211. The number of aromatic amines is 1. The van der Waals surface area contributed by atoms with Gasteiger partial charge in [-0.3, -0.25) is 14.7 Å². The highest BCUT2D eigenvalue weighted by Crippen LogP contribution is 2.18. The minimum Gasteiger partial charge on any atom is -0.497 e. The molecule has 134 valence electrons. The lowest BCUT2D eigenvalue weighted by Crippen LogP contribution is -2.38. The van der Waals surface area contributed by atoms with Crippen molar-refractivity contribution >= 4 is 28.4 Å². The number of fused-ring (bicyclic) bond motifs is 1. The van der Waals surface area contributed by atoms with Gasteiger partial charge in [-0.1, -0.05) is 24.3 Å². The van der Waals surface area contributed by atoms with Gasteiger partial charge in [0.1, 0.15) is 12.3 Å². The Labute approximate surface area is 151 Å². The Bertz CT molecular complexity index is 935. The van der Waals surface area contributed by atoms with Gasteiger partial charge in [0.25, 0.3) is 5.91 Å². The zero-order valence-corrected chi connectivity index (χ0v) is 14.7. The number of amides is 2. The summed E-state index contributed by atoms with van der Waals surface area (Å²) in [5.41, 5.74) is 1.72. The number of benzene rings is 2. The Morgan fingerprint density at radius 2 is 2.00 bits per heavy atom. The molecule has 0 fully saturated rings. The van der Waals surface area contributed by atoms with E-state index < -0.39 is 0 Å². The maximum Gasteiger partial charge on any atom is 0.275 e. The lowest BCUT2D eigenvalue weighted by molar-refractivity contribution is -0.116. The van der Waals surface area contributed by atoms with Gasteiger partial charge in [0, 0.05) is 23.7 Å². The minimum absolute atomic E-state index is 0.0618. The zero-order chi connectivity index (χ0) is 18.5. The smallest absolute Gasteiger partial charge is 0.275 e. The third-order valence-corrected chi connectivity index (χ3v) is 4.03. The van der Waals surface area contributed by atoms with Crippen molar-refractivity contribution < 1.29 is 14.3 Å². The van der Waals surface area contributed by atoms with E-state index in [0.717, 1.165) is 10.9 Å². The Morgan fingerprint density at radius 1 is 1.19 bits per heavy atom. The van der Waals surface area contributed by atoms with Gasteiger partial charge in [0.15, 0.2) is 5.69 Å². The molecule has 0 aliphatic carbocycles. The maximum absolute atomic E-state index is 12.8. The van der Waals surface area contributed by atoms with Gasteiger partial charge >= 0.3 is 0 Å². The van der Waals surface area contributed by atoms with Crippen LogP contribution < -0.4 is 10.1 Å². The number of anilines is 1. The molecule has 1 heterocycles. The summed E-state index contributed by atoms with van der Waals surface area (Å²) in [5.74, 6) is 0.0771. The Morgan fingerprint density at radius 3 is 2.77 bits per heavy atom. The first-order chi connectivity index (χ1) is 12.6. The van der Waals surface area contributed by atoms with Crippen LogP contribution >= 0.6 is 0 Å². The van der Waals surface area contributed by atoms with E-state index in [4.69, 9.17) is 4.74 Å². The number of H-pyrrole nitrogens is 1. The molecule has 3 rings (SSSR count). The molecule has 0 bridgehead atoms. The van der Waals surface area contributed by atoms with Gasteiger partial charge in [-0.25, -0.2) is 0 Å². The molecular weight excluding hydrogens is 332 g/mol. The number of hydrogen-bond donors (Lipinski definition) is 2. The van der Waals surface area contributed by atoms with E-state index in [1.54, 1.807) is 31.4 Å². The molecule has 7 nitrogen and oxygen atoms in total. The molecule has 3 aromatic rings. The second-order valence-electron chi connectivity index (χ2n) is 5.72. The highest BCUT2D eigenvalue weighted by Gasteiger charge is 2.21. The predicted octanol–water partition coefficient (Wildman–Crippen LogP) is 2.67. The van der Waals surface area contributed by atoms with Crippen LogP contribution in [-0.4, -0.2) is 47.1 Å². The van der Waals surface area contributed by atoms with Crippen molar-refractivity contribution in [3.8, 4) is 5.75 Å². The van der Waals surface area contributed by atoms with E-state index in [2.05, 4.69) is 15.5 Å². The fourth-order valence-electron chi connectivity index (χ4n) is 2.68. The molecule has 0 aliphatic rings. The van der Waals surface area contributed by atoms with Crippen molar-refractivity contribution in [2.24, 2.45) is 0 Å². The summed E-state index contributed by atoms with van der Waals surface area (Å²) in [5, 5.41) is 10.5. The van der Waals surface area contributed by atoms with Crippen LogP contribution in [0.5, 0.6) is 5.75 Å². The van der Waals surface area contributed by atoms with Crippen LogP contribution in [0.1, 0.15) is 17.4 Å². The van der Waals surface area contributed by atoms with Gasteiger partial charge in [-0.05, 0) is 25.1 Å². The molecule has 2 amide bonds. The molecule has 7 heteroatoms. The van der Waals surface area contributed by atoms with Gasteiger partial charge in [-0.2, -0.15) is 5.10 Å². The fourth-order valence-corrected chi connectivity index (χ4v) is 2.68. The van der Waals surface area contributed by atoms with Crippen LogP contribution in [0.4, 0.5) is 5.69 Å². The van der Waals surface area contributed by atoms with Crippen LogP contribution in [0.25, 0.3) is 10.9 Å². The summed E-state index contributed by atoms with van der Waals surface area (Å²) in [6.45, 7) is 2.16. The van der Waals surface area contributed by atoms with Crippen LogP contribution in [0, 0.1) is 0 Å². The van der Waals surface area contributed by atoms with E-state index in [-0.39, 0.29) is 18.4 Å². The average molecular weight is 352 g/mol. The van der Waals surface area contributed by atoms with Crippen molar-refractivity contribution in [1.29, 1.82) is 0 Å². The molecule has 0 radical (unpaired) electrons. The van der Waals surface area contributed by atoms with Crippen LogP contribution in [0.2, 0.25) is 0 Å². The Hall–Kier alpha value is -3.35. The number of carbonyl (C=O) groups is 2. The van der Waals surface area contributed by atoms with Crippen molar-refractivity contribution in [2.45, 2.75) is 6.92 Å².